The molecule has 1 saturated carbocycles. The number of hydrogen-bond donors (Lipinski definition) is 1. The molecule has 1 aliphatic rings. The summed E-state index contributed by atoms with van der Waals surface area (Å²) in [6.45, 7) is 0. The molecular weight excluding hydrogens is 282 g/mol. The Bertz CT molecular complexity index is 546. The fourth-order valence-electron chi connectivity index (χ4n) is 3.45. The standard InChI is InChI=1S/C18H21NO.ClH/c20-18(14-15-9-12-19-13-10-15)11-5-4-8-17(18)16-6-2-1-3-7-16;/h1-3,6-7,9-10,12-13,17,20H,4-5,8,11,14H2;1H. The van der Waals surface area contributed by atoms with Gasteiger partial charge in [0.05, 0.1) is 5.60 Å². The zero-order valence-corrected chi connectivity index (χ0v) is 12.9. The van der Waals surface area contributed by atoms with Crippen molar-refractivity contribution in [3.05, 3.63) is 66.0 Å². The van der Waals surface area contributed by atoms with E-state index in [4.69, 9.17) is 0 Å². The molecule has 0 aliphatic heterocycles. The highest BCUT2D eigenvalue weighted by Gasteiger charge is 2.39. The first-order valence-electron chi connectivity index (χ1n) is 7.44. The molecule has 2 nitrogen and oxygen atoms in total. The first kappa shape index (κ1) is 16.0. The average molecular weight is 304 g/mol. The monoisotopic (exact) mass is 303 g/mol. The number of hydrogen-bond acceptors (Lipinski definition) is 2. The molecule has 0 saturated heterocycles. The maximum atomic E-state index is 11.2. The zero-order valence-electron chi connectivity index (χ0n) is 12.1. The molecule has 2 aromatic rings. The van der Waals surface area contributed by atoms with Crippen LogP contribution in [0.5, 0.6) is 0 Å². The van der Waals surface area contributed by atoms with Gasteiger partial charge in [0.25, 0.3) is 0 Å². The molecule has 0 radical (unpaired) electrons. The molecule has 1 heterocycles. The van der Waals surface area contributed by atoms with Crippen molar-refractivity contribution in [1.29, 1.82) is 0 Å². The summed E-state index contributed by atoms with van der Waals surface area (Å²) in [6, 6.07) is 14.5. The Balaban J connectivity index is 0.00000161. The lowest BCUT2D eigenvalue weighted by Crippen LogP contribution is -2.41. The molecule has 1 N–H and O–H groups in total. The van der Waals surface area contributed by atoms with Crippen LogP contribution in [0.3, 0.4) is 0 Å². The van der Waals surface area contributed by atoms with E-state index in [1.54, 1.807) is 12.4 Å². The number of nitrogens with zero attached hydrogens (tertiary/aromatic N) is 1. The lowest BCUT2D eigenvalue weighted by Gasteiger charge is -2.40. The van der Waals surface area contributed by atoms with Gasteiger partial charge in [0.2, 0.25) is 0 Å². The van der Waals surface area contributed by atoms with Gasteiger partial charge in [0.15, 0.2) is 0 Å². The number of halogens is 1. The lowest BCUT2D eigenvalue weighted by atomic mass is 9.69. The zero-order chi connectivity index (χ0) is 13.8. The van der Waals surface area contributed by atoms with Gasteiger partial charge >= 0.3 is 0 Å². The van der Waals surface area contributed by atoms with Crippen molar-refractivity contribution in [3.63, 3.8) is 0 Å². The van der Waals surface area contributed by atoms with E-state index in [9.17, 15) is 5.11 Å². The van der Waals surface area contributed by atoms with Crippen LogP contribution in [0, 0.1) is 0 Å². The van der Waals surface area contributed by atoms with E-state index in [-0.39, 0.29) is 18.3 Å². The summed E-state index contributed by atoms with van der Waals surface area (Å²) in [4.78, 5) is 4.06. The summed E-state index contributed by atoms with van der Waals surface area (Å²) in [7, 11) is 0. The van der Waals surface area contributed by atoms with Crippen molar-refractivity contribution in [3.8, 4) is 0 Å². The number of rotatable bonds is 3. The van der Waals surface area contributed by atoms with Crippen molar-refractivity contribution >= 4 is 12.4 Å². The van der Waals surface area contributed by atoms with E-state index < -0.39 is 5.60 Å². The van der Waals surface area contributed by atoms with Gasteiger partial charge in [0, 0.05) is 24.7 Å². The van der Waals surface area contributed by atoms with Crippen LogP contribution in [0.25, 0.3) is 0 Å². The summed E-state index contributed by atoms with van der Waals surface area (Å²) < 4.78 is 0. The summed E-state index contributed by atoms with van der Waals surface area (Å²) >= 11 is 0. The highest BCUT2D eigenvalue weighted by atomic mass is 35.5. The van der Waals surface area contributed by atoms with Crippen LogP contribution in [0.15, 0.2) is 54.9 Å². The van der Waals surface area contributed by atoms with E-state index >= 15 is 0 Å². The fourth-order valence-corrected chi connectivity index (χ4v) is 3.45. The molecule has 2 unspecified atom stereocenters. The number of aliphatic hydroxyl groups is 1. The Kier molecular flexibility index (Phi) is 5.38. The second-order valence-electron chi connectivity index (χ2n) is 5.84. The molecular formula is C18H22ClNO. The van der Waals surface area contributed by atoms with Crippen LogP contribution in [0.4, 0.5) is 0 Å². The minimum atomic E-state index is -0.624. The van der Waals surface area contributed by atoms with Gasteiger partial charge in [0.1, 0.15) is 0 Å². The van der Waals surface area contributed by atoms with Crippen molar-refractivity contribution in [2.24, 2.45) is 0 Å². The average Bonchev–Trinajstić information content (AvgIpc) is 2.49. The number of aromatic nitrogens is 1. The number of pyridine rings is 1. The lowest BCUT2D eigenvalue weighted by molar-refractivity contribution is -0.0167. The molecule has 1 aliphatic carbocycles. The van der Waals surface area contributed by atoms with Crippen LogP contribution < -0.4 is 0 Å². The van der Waals surface area contributed by atoms with Crippen molar-refractivity contribution in [1.82, 2.24) is 4.98 Å². The van der Waals surface area contributed by atoms with Crippen LogP contribution in [-0.2, 0) is 6.42 Å². The Hall–Kier alpha value is -1.38. The molecule has 0 bridgehead atoms. The maximum absolute atomic E-state index is 11.2. The smallest absolute Gasteiger partial charge is 0.0756 e. The molecule has 0 amide bonds. The second kappa shape index (κ2) is 7.06. The van der Waals surface area contributed by atoms with Gasteiger partial charge in [-0.3, -0.25) is 4.98 Å². The summed E-state index contributed by atoms with van der Waals surface area (Å²) in [5, 5.41) is 11.2. The quantitative estimate of drug-likeness (QED) is 0.924. The van der Waals surface area contributed by atoms with Crippen molar-refractivity contribution in [2.45, 2.75) is 43.6 Å². The molecule has 2 atom stereocenters. The van der Waals surface area contributed by atoms with Gasteiger partial charge < -0.3 is 5.11 Å². The fraction of sp³-hybridized carbons (Fsp3) is 0.389. The topological polar surface area (TPSA) is 33.1 Å². The Morgan fingerprint density at radius 1 is 1.05 bits per heavy atom. The van der Waals surface area contributed by atoms with E-state index in [2.05, 4.69) is 29.2 Å². The van der Waals surface area contributed by atoms with Crippen molar-refractivity contribution in [2.75, 3.05) is 0 Å². The molecule has 112 valence electrons. The number of benzene rings is 1. The van der Waals surface area contributed by atoms with Crippen molar-refractivity contribution < 1.29 is 5.11 Å². The SMILES string of the molecule is Cl.OC1(Cc2ccncc2)CCCCC1c1ccccc1. The molecule has 0 spiro atoms. The Labute approximate surface area is 132 Å². The third-order valence-electron chi connectivity index (χ3n) is 4.46. The predicted molar refractivity (Wildman–Crippen MR) is 87.8 cm³/mol. The summed E-state index contributed by atoms with van der Waals surface area (Å²) in [5.74, 6) is 0.241. The van der Waals surface area contributed by atoms with Crippen LogP contribution in [0.2, 0.25) is 0 Å². The third kappa shape index (κ3) is 3.63. The predicted octanol–water partition coefficient (Wildman–Crippen LogP) is 4.13. The first-order valence-corrected chi connectivity index (χ1v) is 7.44. The molecule has 1 aromatic carbocycles. The van der Waals surface area contributed by atoms with Gasteiger partial charge in [-0.15, -0.1) is 12.4 Å². The second-order valence-corrected chi connectivity index (χ2v) is 5.84. The first-order chi connectivity index (χ1) is 9.78. The molecule has 1 fully saturated rings. The molecule has 3 rings (SSSR count). The normalized spacial score (nSPS) is 25.1. The van der Waals surface area contributed by atoms with Gasteiger partial charge in [-0.1, -0.05) is 43.2 Å². The van der Waals surface area contributed by atoms with E-state index in [0.717, 1.165) is 25.7 Å². The minimum absolute atomic E-state index is 0. The Morgan fingerprint density at radius 2 is 1.76 bits per heavy atom. The summed E-state index contributed by atoms with van der Waals surface area (Å²) in [5.41, 5.74) is 1.81. The van der Waals surface area contributed by atoms with E-state index in [0.29, 0.717) is 0 Å². The Morgan fingerprint density at radius 3 is 2.48 bits per heavy atom. The molecule has 1 aromatic heterocycles. The highest BCUT2D eigenvalue weighted by molar-refractivity contribution is 5.85. The molecule has 21 heavy (non-hydrogen) atoms. The van der Waals surface area contributed by atoms with E-state index in [1.807, 2.05) is 18.2 Å². The van der Waals surface area contributed by atoms with E-state index in [1.165, 1.54) is 17.5 Å². The summed E-state index contributed by atoms with van der Waals surface area (Å²) in [6.07, 6.45) is 8.61. The van der Waals surface area contributed by atoms with Gasteiger partial charge in [-0.25, -0.2) is 0 Å². The van der Waals surface area contributed by atoms with Crippen LogP contribution >= 0.6 is 12.4 Å². The van der Waals surface area contributed by atoms with Gasteiger partial charge in [-0.2, -0.15) is 0 Å². The highest BCUT2D eigenvalue weighted by Crippen LogP contribution is 2.42. The largest absolute Gasteiger partial charge is 0.389 e. The minimum Gasteiger partial charge on any atom is -0.389 e. The van der Waals surface area contributed by atoms with Crippen LogP contribution in [-0.4, -0.2) is 15.7 Å². The van der Waals surface area contributed by atoms with Gasteiger partial charge in [-0.05, 0) is 36.1 Å². The van der Waals surface area contributed by atoms with Crippen LogP contribution in [0.1, 0.15) is 42.7 Å². The maximum Gasteiger partial charge on any atom is 0.0756 e. The molecule has 3 heteroatoms. The third-order valence-corrected chi connectivity index (χ3v) is 4.46.